The molecule has 0 aromatic carbocycles. The highest BCUT2D eigenvalue weighted by atomic mass is 16.1. The van der Waals surface area contributed by atoms with Crippen molar-refractivity contribution >= 4 is 12.5 Å². The Morgan fingerprint density at radius 2 is 2.58 bits per heavy atom. The van der Waals surface area contributed by atoms with Gasteiger partial charge in [-0.15, -0.1) is 0 Å². The molecule has 3 heteroatoms. The van der Waals surface area contributed by atoms with Crippen LogP contribution in [0.3, 0.4) is 0 Å². The average molecular weight is 164 g/mol. The van der Waals surface area contributed by atoms with Gasteiger partial charge in [0.1, 0.15) is 12.5 Å². The molecule has 0 amide bonds. The van der Waals surface area contributed by atoms with Crippen LogP contribution in [0.2, 0.25) is 0 Å². The molecule has 0 saturated heterocycles. The second kappa shape index (κ2) is 2.83. The van der Waals surface area contributed by atoms with E-state index in [1.54, 1.807) is 0 Å². The van der Waals surface area contributed by atoms with Crippen LogP contribution in [0.5, 0.6) is 0 Å². The van der Waals surface area contributed by atoms with E-state index in [-0.39, 0.29) is 12.2 Å². The first-order valence-electron chi connectivity index (χ1n) is 4.28. The standard InChI is InChI=1S/C9H12N2O/c1-6-8(5-12)7-3-2-4-10-9(7)11-6/h4-6,9,11H,2-3H2,1H3. The lowest BCUT2D eigenvalue weighted by Gasteiger charge is -2.14. The van der Waals surface area contributed by atoms with E-state index in [0.717, 1.165) is 24.7 Å². The number of hydrogen-bond acceptors (Lipinski definition) is 3. The van der Waals surface area contributed by atoms with Gasteiger partial charge in [0.15, 0.2) is 0 Å². The van der Waals surface area contributed by atoms with Crippen LogP contribution >= 0.6 is 0 Å². The van der Waals surface area contributed by atoms with Crippen molar-refractivity contribution in [2.45, 2.75) is 32.0 Å². The summed E-state index contributed by atoms with van der Waals surface area (Å²) in [7, 11) is 0. The van der Waals surface area contributed by atoms with Crippen LogP contribution in [0.4, 0.5) is 0 Å². The highest BCUT2D eigenvalue weighted by molar-refractivity contribution is 5.79. The van der Waals surface area contributed by atoms with Gasteiger partial charge in [-0.3, -0.25) is 15.1 Å². The lowest BCUT2D eigenvalue weighted by molar-refractivity contribution is -0.105. The van der Waals surface area contributed by atoms with Crippen molar-refractivity contribution < 1.29 is 4.79 Å². The fourth-order valence-corrected chi connectivity index (χ4v) is 1.85. The zero-order chi connectivity index (χ0) is 8.55. The molecule has 0 aromatic rings. The van der Waals surface area contributed by atoms with Crippen LogP contribution in [0, 0.1) is 0 Å². The predicted molar refractivity (Wildman–Crippen MR) is 47.2 cm³/mol. The SMILES string of the molecule is CC1NC2N=CCCC2=C1C=O. The van der Waals surface area contributed by atoms with Crippen molar-refractivity contribution in [2.24, 2.45) is 4.99 Å². The Bertz CT molecular complexity index is 268. The molecule has 0 fully saturated rings. The quantitative estimate of drug-likeness (QED) is 0.578. The number of carbonyl (C=O) groups is 1. The summed E-state index contributed by atoms with van der Waals surface area (Å²) >= 11 is 0. The van der Waals surface area contributed by atoms with E-state index in [1.807, 2.05) is 13.1 Å². The van der Waals surface area contributed by atoms with Crippen molar-refractivity contribution in [3.63, 3.8) is 0 Å². The smallest absolute Gasteiger partial charge is 0.147 e. The van der Waals surface area contributed by atoms with Crippen LogP contribution in [0.15, 0.2) is 16.1 Å². The van der Waals surface area contributed by atoms with Crippen LogP contribution in [0.25, 0.3) is 0 Å². The first-order valence-corrected chi connectivity index (χ1v) is 4.28. The van der Waals surface area contributed by atoms with Crippen molar-refractivity contribution in [3.8, 4) is 0 Å². The van der Waals surface area contributed by atoms with Gasteiger partial charge >= 0.3 is 0 Å². The van der Waals surface area contributed by atoms with Crippen LogP contribution < -0.4 is 5.32 Å². The van der Waals surface area contributed by atoms with E-state index < -0.39 is 0 Å². The van der Waals surface area contributed by atoms with E-state index >= 15 is 0 Å². The minimum atomic E-state index is 0.0916. The largest absolute Gasteiger partial charge is 0.298 e. The molecule has 0 bridgehead atoms. The van der Waals surface area contributed by atoms with Gasteiger partial charge in [-0.1, -0.05) is 0 Å². The van der Waals surface area contributed by atoms with E-state index in [0.29, 0.717) is 0 Å². The summed E-state index contributed by atoms with van der Waals surface area (Å²) in [6, 6.07) is 0.178. The van der Waals surface area contributed by atoms with Crippen LogP contribution in [-0.2, 0) is 4.79 Å². The first kappa shape index (κ1) is 7.68. The summed E-state index contributed by atoms with van der Waals surface area (Å²) in [6.07, 6.45) is 4.95. The maximum Gasteiger partial charge on any atom is 0.147 e. The molecule has 0 aliphatic carbocycles. The number of hydrogen-bond donors (Lipinski definition) is 1. The fourth-order valence-electron chi connectivity index (χ4n) is 1.85. The lowest BCUT2D eigenvalue weighted by Crippen LogP contribution is -2.30. The number of nitrogens with one attached hydrogen (secondary N) is 1. The Balaban J connectivity index is 2.36. The Kier molecular flexibility index (Phi) is 1.81. The van der Waals surface area contributed by atoms with Gasteiger partial charge < -0.3 is 0 Å². The molecule has 64 valence electrons. The Labute approximate surface area is 71.6 Å². The van der Waals surface area contributed by atoms with Gasteiger partial charge in [-0.2, -0.15) is 0 Å². The summed E-state index contributed by atoms with van der Waals surface area (Å²) in [4.78, 5) is 15.0. The Morgan fingerprint density at radius 1 is 1.75 bits per heavy atom. The topological polar surface area (TPSA) is 41.5 Å². The summed E-state index contributed by atoms with van der Waals surface area (Å²) in [6.45, 7) is 2.00. The predicted octanol–water partition coefficient (Wildman–Crippen LogP) is 0.664. The molecule has 2 aliphatic heterocycles. The molecular formula is C9H12N2O. The fraction of sp³-hybridized carbons (Fsp3) is 0.556. The number of fused-ring (bicyclic) bond motifs is 1. The van der Waals surface area contributed by atoms with E-state index in [2.05, 4.69) is 10.3 Å². The van der Waals surface area contributed by atoms with Gasteiger partial charge in [-0.05, 0) is 25.3 Å². The van der Waals surface area contributed by atoms with E-state index in [1.165, 1.54) is 5.57 Å². The molecule has 2 atom stereocenters. The highest BCUT2D eigenvalue weighted by Crippen LogP contribution is 2.26. The molecule has 12 heavy (non-hydrogen) atoms. The maximum atomic E-state index is 10.7. The van der Waals surface area contributed by atoms with Crippen molar-refractivity contribution in [2.75, 3.05) is 0 Å². The zero-order valence-electron chi connectivity index (χ0n) is 7.08. The number of aldehydes is 1. The molecular weight excluding hydrogens is 152 g/mol. The molecule has 0 spiro atoms. The Hall–Kier alpha value is -0.960. The van der Waals surface area contributed by atoms with E-state index in [4.69, 9.17) is 0 Å². The Morgan fingerprint density at radius 3 is 3.33 bits per heavy atom. The molecule has 2 rings (SSSR count). The van der Waals surface area contributed by atoms with Gasteiger partial charge in [0, 0.05) is 17.8 Å². The second-order valence-corrected chi connectivity index (χ2v) is 3.26. The van der Waals surface area contributed by atoms with Gasteiger partial charge in [0.05, 0.1) is 0 Å². The monoisotopic (exact) mass is 164 g/mol. The second-order valence-electron chi connectivity index (χ2n) is 3.26. The van der Waals surface area contributed by atoms with Gasteiger partial charge in [-0.25, -0.2) is 0 Å². The minimum absolute atomic E-state index is 0.0916. The molecule has 2 unspecified atom stereocenters. The highest BCUT2D eigenvalue weighted by Gasteiger charge is 2.30. The molecule has 0 aromatic heterocycles. The zero-order valence-corrected chi connectivity index (χ0v) is 7.08. The third kappa shape index (κ3) is 1.01. The molecule has 3 nitrogen and oxygen atoms in total. The number of carbonyl (C=O) groups excluding carboxylic acids is 1. The third-order valence-electron chi connectivity index (χ3n) is 2.50. The number of aliphatic imine (C=N–C) groups is 1. The lowest BCUT2D eigenvalue weighted by atomic mass is 10.0. The summed E-state index contributed by atoms with van der Waals surface area (Å²) in [5.74, 6) is 0. The summed E-state index contributed by atoms with van der Waals surface area (Å²) in [5, 5.41) is 3.25. The molecule has 0 radical (unpaired) electrons. The van der Waals surface area contributed by atoms with Crippen molar-refractivity contribution in [1.29, 1.82) is 0 Å². The molecule has 2 aliphatic rings. The maximum absolute atomic E-state index is 10.7. The molecule has 1 N–H and O–H groups in total. The number of rotatable bonds is 1. The summed E-state index contributed by atoms with van der Waals surface area (Å²) < 4.78 is 0. The molecule has 0 saturated carbocycles. The normalized spacial score (nSPS) is 33.8. The first-order chi connectivity index (χ1) is 5.83. The van der Waals surface area contributed by atoms with Crippen LogP contribution in [-0.4, -0.2) is 24.7 Å². The van der Waals surface area contributed by atoms with E-state index in [9.17, 15) is 4.79 Å². The average Bonchev–Trinajstić information content (AvgIpc) is 2.40. The van der Waals surface area contributed by atoms with Crippen molar-refractivity contribution in [1.82, 2.24) is 5.32 Å². The van der Waals surface area contributed by atoms with Crippen LogP contribution in [0.1, 0.15) is 19.8 Å². The van der Waals surface area contributed by atoms with Gasteiger partial charge in [0.2, 0.25) is 0 Å². The third-order valence-corrected chi connectivity index (χ3v) is 2.50. The minimum Gasteiger partial charge on any atom is -0.298 e. The molecule has 2 heterocycles. The van der Waals surface area contributed by atoms with Gasteiger partial charge in [0.25, 0.3) is 0 Å². The van der Waals surface area contributed by atoms with Crippen molar-refractivity contribution in [3.05, 3.63) is 11.1 Å². The summed E-state index contributed by atoms with van der Waals surface area (Å²) in [5.41, 5.74) is 2.11. The number of nitrogens with zero attached hydrogens (tertiary/aromatic N) is 1.